The van der Waals surface area contributed by atoms with Gasteiger partial charge < -0.3 is 14.8 Å². The molecule has 1 fully saturated rings. The Balaban J connectivity index is 1.72. The Bertz CT molecular complexity index is 1520. The van der Waals surface area contributed by atoms with E-state index in [1.165, 1.54) is 42.5 Å². The molecule has 8 nitrogen and oxygen atoms in total. The third-order valence-electron chi connectivity index (χ3n) is 6.76. The third kappa shape index (κ3) is 5.01. The summed E-state index contributed by atoms with van der Waals surface area (Å²) in [5.41, 5.74) is -5.88. The van der Waals surface area contributed by atoms with Gasteiger partial charge in [0.1, 0.15) is 0 Å². The van der Waals surface area contributed by atoms with Crippen LogP contribution in [0, 0.1) is 10.1 Å². The number of anilines is 1. The van der Waals surface area contributed by atoms with Crippen molar-refractivity contribution in [3.05, 3.63) is 99.1 Å². The predicted octanol–water partition coefficient (Wildman–Crippen LogP) is 5.63. The zero-order chi connectivity index (χ0) is 29.7. The van der Waals surface area contributed by atoms with Crippen LogP contribution in [-0.2, 0) is 22.7 Å². The second kappa shape index (κ2) is 9.90. The van der Waals surface area contributed by atoms with Crippen molar-refractivity contribution in [2.45, 2.75) is 23.8 Å². The maximum absolute atomic E-state index is 14.3. The lowest BCUT2D eigenvalue weighted by molar-refractivity contribution is -0.485. The lowest BCUT2D eigenvalue weighted by atomic mass is 9.74. The summed E-state index contributed by atoms with van der Waals surface area (Å²) in [6.07, 6.45) is -10.4. The fourth-order valence-electron chi connectivity index (χ4n) is 4.95. The number of amides is 1. The van der Waals surface area contributed by atoms with E-state index >= 15 is 0 Å². The summed E-state index contributed by atoms with van der Waals surface area (Å²) in [7, 11) is 0. The van der Waals surface area contributed by atoms with E-state index in [2.05, 4.69) is 5.32 Å². The molecule has 0 spiro atoms. The minimum atomic E-state index is -5.19. The van der Waals surface area contributed by atoms with Crippen LogP contribution >= 0.6 is 12.2 Å². The Kier molecular flexibility index (Phi) is 6.80. The Labute approximate surface area is 232 Å². The molecule has 0 aromatic heterocycles. The van der Waals surface area contributed by atoms with Gasteiger partial charge in [-0.1, -0.05) is 36.4 Å². The number of hydrogen-bond acceptors (Lipinski definition) is 6. The van der Waals surface area contributed by atoms with Crippen molar-refractivity contribution in [3.8, 4) is 11.5 Å². The van der Waals surface area contributed by atoms with Gasteiger partial charge >= 0.3 is 12.4 Å². The standard InChI is InChI=1S/C26H17F6N3O5S/c27-25(28,29)16-9-17(26(30,31)32)11-18(10-16)35-22(36)24(33-23(35)41,15-4-2-1-3-5-15)19(12-34(37)38)14-6-7-20-21(8-14)40-13-39-20/h1-11,19H,12-13H2,(H,33,41)/t19-,24-/m0/s1. The second-order valence-corrected chi connectivity index (χ2v) is 9.58. The van der Waals surface area contributed by atoms with Crippen LogP contribution in [0.5, 0.6) is 11.5 Å². The molecule has 2 heterocycles. The van der Waals surface area contributed by atoms with E-state index in [4.69, 9.17) is 21.7 Å². The molecule has 2 aliphatic rings. The van der Waals surface area contributed by atoms with Crippen LogP contribution in [0.25, 0.3) is 0 Å². The van der Waals surface area contributed by atoms with Gasteiger partial charge in [0.05, 0.1) is 22.7 Å². The van der Waals surface area contributed by atoms with Gasteiger partial charge in [0.15, 0.2) is 22.2 Å². The highest BCUT2D eigenvalue weighted by molar-refractivity contribution is 7.80. The molecular formula is C26H17F6N3O5S. The molecule has 0 unspecified atom stereocenters. The van der Waals surface area contributed by atoms with Crippen LogP contribution in [0.15, 0.2) is 66.7 Å². The van der Waals surface area contributed by atoms with E-state index in [1.807, 2.05) is 0 Å². The van der Waals surface area contributed by atoms with Crippen LogP contribution in [0.1, 0.15) is 28.2 Å². The quantitative estimate of drug-likeness (QED) is 0.170. The number of nitrogens with zero attached hydrogens (tertiary/aromatic N) is 2. The van der Waals surface area contributed by atoms with Crippen molar-refractivity contribution >= 4 is 28.9 Å². The highest BCUT2D eigenvalue weighted by atomic mass is 32.1. The number of nitro groups is 1. The molecule has 1 saturated heterocycles. The summed E-state index contributed by atoms with van der Waals surface area (Å²) < 4.78 is 92.4. The summed E-state index contributed by atoms with van der Waals surface area (Å²) in [4.78, 5) is 26.1. The number of nitrogens with one attached hydrogen (secondary N) is 1. The van der Waals surface area contributed by atoms with E-state index in [9.17, 15) is 41.3 Å². The summed E-state index contributed by atoms with van der Waals surface area (Å²) in [5.74, 6) is -1.89. The molecule has 2 atom stereocenters. The molecule has 15 heteroatoms. The fraction of sp³-hybridized carbons (Fsp3) is 0.231. The first-order chi connectivity index (χ1) is 19.2. The van der Waals surface area contributed by atoms with Crippen molar-refractivity contribution in [3.63, 3.8) is 0 Å². The topological polar surface area (TPSA) is 93.9 Å². The van der Waals surface area contributed by atoms with Gasteiger partial charge in [0.25, 0.3) is 5.91 Å². The van der Waals surface area contributed by atoms with E-state index < -0.39 is 63.1 Å². The van der Waals surface area contributed by atoms with Gasteiger partial charge in [0, 0.05) is 4.92 Å². The first-order valence-corrected chi connectivity index (χ1v) is 12.2. The smallest absolute Gasteiger partial charge is 0.416 e. The van der Waals surface area contributed by atoms with Crippen molar-refractivity contribution < 1.29 is 45.5 Å². The van der Waals surface area contributed by atoms with Gasteiger partial charge in [-0.3, -0.25) is 19.8 Å². The molecule has 0 saturated carbocycles. The van der Waals surface area contributed by atoms with Crippen LogP contribution in [0.4, 0.5) is 32.0 Å². The van der Waals surface area contributed by atoms with Gasteiger partial charge in [0.2, 0.25) is 13.3 Å². The molecule has 2 aliphatic heterocycles. The van der Waals surface area contributed by atoms with E-state index in [1.54, 1.807) is 6.07 Å². The minimum absolute atomic E-state index is 0.0763. The molecule has 1 amide bonds. The van der Waals surface area contributed by atoms with E-state index in [0.717, 1.165) is 0 Å². The highest BCUT2D eigenvalue weighted by Gasteiger charge is 2.58. The Morgan fingerprint density at radius 2 is 1.56 bits per heavy atom. The molecule has 214 valence electrons. The van der Waals surface area contributed by atoms with Crippen LogP contribution < -0.4 is 19.7 Å². The summed E-state index contributed by atoms with van der Waals surface area (Å²) in [6, 6.07) is 12.5. The maximum Gasteiger partial charge on any atom is 0.416 e. The Morgan fingerprint density at radius 3 is 2.15 bits per heavy atom. The number of halogens is 6. The number of rotatable bonds is 6. The van der Waals surface area contributed by atoms with Crippen molar-refractivity contribution in [2.75, 3.05) is 18.2 Å². The highest BCUT2D eigenvalue weighted by Crippen LogP contribution is 2.47. The molecule has 3 aromatic carbocycles. The lowest BCUT2D eigenvalue weighted by Crippen LogP contribution is -2.51. The van der Waals surface area contributed by atoms with E-state index in [-0.39, 0.29) is 29.7 Å². The largest absolute Gasteiger partial charge is 0.454 e. The van der Waals surface area contributed by atoms with Gasteiger partial charge in [-0.25, -0.2) is 0 Å². The third-order valence-corrected chi connectivity index (χ3v) is 7.05. The fourth-order valence-corrected chi connectivity index (χ4v) is 5.30. The molecule has 41 heavy (non-hydrogen) atoms. The summed E-state index contributed by atoms with van der Waals surface area (Å²) >= 11 is 5.30. The number of alkyl halides is 6. The molecule has 0 bridgehead atoms. The van der Waals surface area contributed by atoms with Gasteiger partial charge in [-0.05, 0) is 53.7 Å². The van der Waals surface area contributed by atoms with Gasteiger partial charge in [-0.2, -0.15) is 26.3 Å². The normalized spacial score (nSPS) is 19.3. The number of hydrogen-bond donors (Lipinski definition) is 1. The Morgan fingerprint density at radius 1 is 0.951 bits per heavy atom. The zero-order valence-electron chi connectivity index (χ0n) is 20.5. The number of carbonyl (C=O) groups excluding carboxylic acids is 1. The number of thiocarbonyl (C=S) groups is 1. The van der Waals surface area contributed by atoms with Crippen LogP contribution in [-0.4, -0.2) is 29.3 Å². The number of benzene rings is 3. The second-order valence-electron chi connectivity index (χ2n) is 9.19. The maximum atomic E-state index is 14.3. The average molecular weight is 597 g/mol. The SMILES string of the molecule is O=C1N(c2cc(C(F)(F)F)cc(C(F)(F)F)c2)C(=S)N[C@@]1(c1ccccc1)[C@@H](C[N+](=O)[O-])c1ccc2c(c1)OCO2. The molecule has 3 aromatic rings. The van der Waals surface area contributed by atoms with Gasteiger partial charge in [-0.15, -0.1) is 0 Å². The minimum Gasteiger partial charge on any atom is -0.454 e. The predicted molar refractivity (Wildman–Crippen MR) is 135 cm³/mol. The molecular weight excluding hydrogens is 580 g/mol. The van der Waals surface area contributed by atoms with Crippen LogP contribution in [0.2, 0.25) is 0 Å². The lowest BCUT2D eigenvalue weighted by Gasteiger charge is -2.34. The number of carbonyl (C=O) groups is 1. The number of ether oxygens (including phenoxy) is 2. The Hall–Kier alpha value is -4.40. The summed E-state index contributed by atoms with van der Waals surface area (Å²) in [6.45, 7) is -0.991. The first kappa shape index (κ1) is 28.1. The van der Waals surface area contributed by atoms with E-state index in [0.29, 0.717) is 22.8 Å². The van der Waals surface area contributed by atoms with Crippen LogP contribution in [0.3, 0.4) is 0 Å². The number of fused-ring (bicyclic) bond motifs is 1. The zero-order valence-corrected chi connectivity index (χ0v) is 21.3. The average Bonchev–Trinajstić information content (AvgIpc) is 3.48. The molecule has 0 aliphatic carbocycles. The molecule has 5 rings (SSSR count). The first-order valence-electron chi connectivity index (χ1n) is 11.7. The molecule has 1 N–H and O–H groups in total. The van der Waals surface area contributed by atoms with Crippen molar-refractivity contribution in [1.82, 2.24) is 5.32 Å². The van der Waals surface area contributed by atoms with Crippen molar-refractivity contribution in [2.24, 2.45) is 0 Å². The summed E-state index contributed by atoms with van der Waals surface area (Å²) in [5, 5.41) is 14.1. The molecule has 0 radical (unpaired) electrons. The monoisotopic (exact) mass is 597 g/mol. The van der Waals surface area contributed by atoms with Crippen molar-refractivity contribution in [1.29, 1.82) is 0 Å².